The monoisotopic (exact) mass is 289 g/mol. The van der Waals surface area contributed by atoms with Crippen molar-refractivity contribution >= 4 is 16.1 Å². The van der Waals surface area contributed by atoms with Crippen LogP contribution in [-0.2, 0) is 15.0 Å². The van der Waals surface area contributed by atoms with Crippen LogP contribution in [0, 0.1) is 0 Å². The van der Waals surface area contributed by atoms with Crippen molar-refractivity contribution in [2.45, 2.75) is 45.1 Å². The second kappa shape index (κ2) is 5.38. The van der Waals surface area contributed by atoms with E-state index >= 15 is 0 Å². The molecule has 6 nitrogen and oxygen atoms in total. The largest absolute Gasteiger partial charge is 0.353 e. The van der Waals surface area contributed by atoms with Gasteiger partial charge in [-0.25, -0.2) is 0 Å². The van der Waals surface area contributed by atoms with Crippen LogP contribution in [0.2, 0.25) is 0 Å². The van der Waals surface area contributed by atoms with Gasteiger partial charge in [0, 0.05) is 26.2 Å². The molecule has 2 heterocycles. The number of rotatable bonds is 2. The van der Waals surface area contributed by atoms with Crippen molar-refractivity contribution in [3.05, 3.63) is 0 Å². The molecule has 2 aliphatic heterocycles. The molecule has 0 aliphatic carbocycles. The van der Waals surface area contributed by atoms with Gasteiger partial charge in [0.2, 0.25) is 5.91 Å². The lowest BCUT2D eigenvalue weighted by molar-refractivity contribution is -0.131. The lowest BCUT2D eigenvalue weighted by Crippen LogP contribution is -2.65. The molecule has 7 heteroatoms. The SMILES string of the molecule is CC1(C)C(=O)NCCN1S(=O)(=O)N1CCCCCC1. The number of piperazine rings is 1. The molecular formula is C12H23N3O3S. The number of amides is 1. The maximum atomic E-state index is 12.7. The van der Waals surface area contributed by atoms with Crippen LogP contribution in [0.1, 0.15) is 39.5 Å². The quantitative estimate of drug-likeness (QED) is 0.796. The zero-order valence-corrected chi connectivity index (χ0v) is 12.5. The summed E-state index contributed by atoms with van der Waals surface area (Å²) in [5.74, 6) is -0.225. The average Bonchev–Trinajstić information content (AvgIpc) is 2.61. The average molecular weight is 289 g/mol. The van der Waals surface area contributed by atoms with Gasteiger partial charge in [-0.2, -0.15) is 17.0 Å². The van der Waals surface area contributed by atoms with E-state index in [0.29, 0.717) is 26.2 Å². The maximum absolute atomic E-state index is 12.7. The Balaban J connectivity index is 2.24. The Labute approximate surface area is 115 Å². The third-order valence-electron chi connectivity index (χ3n) is 3.95. The van der Waals surface area contributed by atoms with Crippen LogP contribution in [0.5, 0.6) is 0 Å². The summed E-state index contributed by atoms with van der Waals surface area (Å²) in [5.41, 5.74) is -1.01. The molecule has 0 radical (unpaired) electrons. The minimum absolute atomic E-state index is 0.225. The summed E-state index contributed by atoms with van der Waals surface area (Å²) in [7, 11) is -3.54. The number of hydrogen-bond acceptors (Lipinski definition) is 3. The zero-order chi connectivity index (χ0) is 14.1. The first kappa shape index (κ1) is 14.7. The molecule has 2 saturated heterocycles. The predicted molar refractivity (Wildman–Crippen MR) is 72.8 cm³/mol. The van der Waals surface area contributed by atoms with E-state index in [1.165, 1.54) is 4.31 Å². The molecule has 1 amide bonds. The van der Waals surface area contributed by atoms with Crippen molar-refractivity contribution in [3.8, 4) is 0 Å². The number of nitrogens with zero attached hydrogens (tertiary/aromatic N) is 2. The molecule has 0 aromatic rings. The maximum Gasteiger partial charge on any atom is 0.283 e. The molecule has 0 unspecified atom stereocenters. The summed E-state index contributed by atoms with van der Waals surface area (Å²) in [6.07, 6.45) is 3.96. The molecule has 0 saturated carbocycles. The van der Waals surface area contributed by atoms with Gasteiger partial charge < -0.3 is 5.32 Å². The third kappa shape index (κ3) is 2.78. The van der Waals surface area contributed by atoms with Crippen molar-refractivity contribution in [2.24, 2.45) is 0 Å². The lowest BCUT2D eigenvalue weighted by atomic mass is 10.0. The van der Waals surface area contributed by atoms with Crippen molar-refractivity contribution < 1.29 is 13.2 Å². The Kier molecular flexibility index (Phi) is 4.17. The lowest BCUT2D eigenvalue weighted by Gasteiger charge is -2.42. The molecule has 0 spiro atoms. The van der Waals surface area contributed by atoms with Gasteiger partial charge in [0.15, 0.2) is 0 Å². The molecule has 2 rings (SSSR count). The Morgan fingerprint density at radius 2 is 1.63 bits per heavy atom. The first-order chi connectivity index (χ1) is 8.87. The topological polar surface area (TPSA) is 69.7 Å². The molecule has 110 valence electrons. The zero-order valence-electron chi connectivity index (χ0n) is 11.7. The van der Waals surface area contributed by atoms with Crippen LogP contribution < -0.4 is 5.32 Å². The Bertz CT molecular complexity index is 439. The summed E-state index contributed by atoms with van der Waals surface area (Å²) >= 11 is 0. The van der Waals surface area contributed by atoms with Crippen molar-refractivity contribution in [2.75, 3.05) is 26.2 Å². The highest BCUT2D eigenvalue weighted by atomic mass is 32.2. The molecular weight excluding hydrogens is 266 g/mol. The highest BCUT2D eigenvalue weighted by Crippen LogP contribution is 2.25. The van der Waals surface area contributed by atoms with Gasteiger partial charge in [0.05, 0.1) is 0 Å². The normalized spacial score (nSPS) is 26.7. The van der Waals surface area contributed by atoms with E-state index < -0.39 is 15.7 Å². The van der Waals surface area contributed by atoms with Crippen molar-refractivity contribution in [3.63, 3.8) is 0 Å². The van der Waals surface area contributed by atoms with Gasteiger partial charge >= 0.3 is 0 Å². The summed E-state index contributed by atoms with van der Waals surface area (Å²) in [6, 6.07) is 0. The van der Waals surface area contributed by atoms with E-state index in [9.17, 15) is 13.2 Å². The molecule has 0 aromatic heterocycles. The molecule has 0 bridgehead atoms. The van der Waals surface area contributed by atoms with Gasteiger partial charge in [-0.05, 0) is 26.7 Å². The predicted octanol–water partition coefficient (Wildman–Crippen LogP) is 0.318. The first-order valence-electron chi connectivity index (χ1n) is 6.93. The summed E-state index contributed by atoms with van der Waals surface area (Å²) in [5, 5.41) is 2.73. The van der Waals surface area contributed by atoms with Gasteiger partial charge in [-0.15, -0.1) is 0 Å². The Morgan fingerprint density at radius 3 is 2.21 bits per heavy atom. The van der Waals surface area contributed by atoms with Crippen LogP contribution in [0.25, 0.3) is 0 Å². The van der Waals surface area contributed by atoms with Crippen LogP contribution >= 0.6 is 0 Å². The summed E-state index contributed by atoms with van der Waals surface area (Å²) < 4.78 is 28.3. The summed E-state index contributed by atoms with van der Waals surface area (Å²) in [4.78, 5) is 11.9. The smallest absolute Gasteiger partial charge is 0.283 e. The highest BCUT2D eigenvalue weighted by molar-refractivity contribution is 7.86. The molecule has 19 heavy (non-hydrogen) atoms. The standard InChI is InChI=1S/C12H23N3O3S/c1-12(2)11(16)13-7-10-15(12)19(17,18)14-8-5-3-4-6-9-14/h3-10H2,1-2H3,(H,13,16). The van der Waals surface area contributed by atoms with E-state index in [-0.39, 0.29) is 5.91 Å². The van der Waals surface area contributed by atoms with E-state index in [0.717, 1.165) is 25.7 Å². The van der Waals surface area contributed by atoms with Crippen molar-refractivity contribution in [1.82, 2.24) is 13.9 Å². The molecule has 2 fully saturated rings. The van der Waals surface area contributed by atoms with Crippen LogP contribution in [0.15, 0.2) is 0 Å². The molecule has 1 N–H and O–H groups in total. The van der Waals surface area contributed by atoms with Gasteiger partial charge in [-0.1, -0.05) is 12.8 Å². The van der Waals surface area contributed by atoms with Gasteiger partial charge in [0.1, 0.15) is 5.54 Å². The van der Waals surface area contributed by atoms with E-state index in [4.69, 9.17) is 0 Å². The number of carbonyl (C=O) groups is 1. The van der Waals surface area contributed by atoms with E-state index in [1.54, 1.807) is 18.2 Å². The molecule has 0 atom stereocenters. The van der Waals surface area contributed by atoms with Gasteiger partial charge in [0.25, 0.3) is 10.2 Å². The number of hydrogen-bond donors (Lipinski definition) is 1. The fraction of sp³-hybridized carbons (Fsp3) is 0.917. The minimum Gasteiger partial charge on any atom is -0.353 e. The van der Waals surface area contributed by atoms with Crippen LogP contribution in [0.3, 0.4) is 0 Å². The van der Waals surface area contributed by atoms with Crippen LogP contribution in [0.4, 0.5) is 0 Å². The second-order valence-corrected chi connectivity index (χ2v) is 7.56. The van der Waals surface area contributed by atoms with Gasteiger partial charge in [-0.3, -0.25) is 4.79 Å². The first-order valence-corrected chi connectivity index (χ1v) is 8.33. The van der Waals surface area contributed by atoms with E-state index in [2.05, 4.69) is 5.32 Å². The van der Waals surface area contributed by atoms with Crippen LogP contribution in [-0.4, -0.2) is 54.7 Å². The molecule has 2 aliphatic rings. The minimum atomic E-state index is -3.54. The fourth-order valence-corrected chi connectivity index (χ4v) is 4.68. The highest BCUT2D eigenvalue weighted by Gasteiger charge is 2.46. The number of carbonyl (C=O) groups excluding carboxylic acids is 1. The Hall–Kier alpha value is -0.660. The van der Waals surface area contributed by atoms with E-state index in [1.807, 2.05) is 0 Å². The van der Waals surface area contributed by atoms with Crippen molar-refractivity contribution in [1.29, 1.82) is 0 Å². The second-order valence-electron chi connectivity index (χ2n) is 5.71. The summed E-state index contributed by atoms with van der Waals surface area (Å²) in [6.45, 7) is 5.19. The third-order valence-corrected chi connectivity index (χ3v) is 6.16. The Morgan fingerprint density at radius 1 is 1.05 bits per heavy atom. The fourth-order valence-electron chi connectivity index (χ4n) is 2.70. The number of nitrogens with one attached hydrogen (secondary N) is 1. The molecule has 0 aromatic carbocycles.